The van der Waals surface area contributed by atoms with Crippen LogP contribution in [0, 0.1) is 11.3 Å². The third kappa shape index (κ3) is 4.39. The summed E-state index contributed by atoms with van der Waals surface area (Å²) in [5.74, 6) is 1.69. The molecular weight excluding hydrogens is 184 g/mol. The standard InChI is InChI=1S/C9H16N2OS/c10-5-1-2-6-11-9-3-7-13(12)8-4-9/h9,11H,1-4,6-8H2. The summed E-state index contributed by atoms with van der Waals surface area (Å²) in [6, 6.07) is 2.66. The summed E-state index contributed by atoms with van der Waals surface area (Å²) < 4.78 is 11.0. The lowest BCUT2D eigenvalue weighted by Gasteiger charge is -2.22. The average Bonchev–Trinajstić information content (AvgIpc) is 2.15. The Hall–Kier alpha value is -0.400. The van der Waals surface area contributed by atoms with Gasteiger partial charge in [0.2, 0.25) is 0 Å². The molecule has 0 atom stereocenters. The monoisotopic (exact) mass is 200 g/mol. The summed E-state index contributed by atoms with van der Waals surface area (Å²) in [6.45, 7) is 0.921. The van der Waals surface area contributed by atoms with Gasteiger partial charge < -0.3 is 5.32 Å². The Bertz CT molecular complexity index is 202. The molecule has 0 aliphatic carbocycles. The Kier molecular flexibility index (Phi) is 5.02. The molecule has 1 aliphatic heterocycles. The maximum absolute atomic E-state index is 11.0. The smallest absolute Gasteiger partial charge is 0.0622 e. The first-order chi connectivity index (χ1) is 6.33. The van der Waals surface area contributed by atoms with Crippen molar-refractivity contribution in [2.24, 2.45) is 0 Å². The highest BCUT2D eigenvalue weighted by Crippen LogP contribution is 2.08. The van der Waals surface area contributed by atoms with E-state index in [0.717, 1.165) is 37.3 Å². The molecule has 1 N–H and O–H groups in total. The van der Waals surface area contributed by atoms with Crippen LogP contribution in [0.1, 0.15) is 25.7 Å². The maximum Gasteiger partial charge on any atom is 0.0622 e. The lowest BCUT2D eigenvalue weighted by molar-refractivity contribution is 0.472. The molecule has 1 saturated heterocycles. The van der Waals surface area contributed by atoms with Crippen LogP contribution in [0.3, 0.4) is 0 Å². The zero-order chi connectivity index (χ0) is 9.52. The van der Waals surface area contributed by atoms with Gasteiger partial charge in [0.15, 0.2) is 0 Å². The van der Waals surface area contributed by atoms with Crippen molar-refractivity contribution in [1.82, 2.24) is 5.32 Å². The van der Waals surface area contributed by atoms with Crippen LogP contribution in [0.4, 0.5) is 0 Å². The van der Waals surface area contributed by atoms with Crippen molar-refractivity contribution in [2.75, 3.05) is 18.1 Å². The largest absolute Gasteiger partial charge is 0.314 e. The van der Waals surface area contributed by atoms with E-state index in [1.807, 2.05) is 0 Å². The predicted molar refractivity (Wildman–Crippen MR) is 53.7 cm³/mol. The summed E-state index contributed by atoms with van der Waals surface area (Å²) in [5, 5.41) is 11.7. The van der Waals surface area contributed by atoms with Gasteiger partial charge in [-0.05, 0) is 25.8 Å². The van der Waals surface area contributed by atoms with E-state index < -0.39 is 10.8 Å². The highest BCUT2D eigenvalue weighted by molar-refractivity contribution is 7.85. The predicted octanol–water partition coefficient (Wildman–Crippen LogP) is 0.791. The number of nitrogens with zero attached hydrogens (tertiary/aromatic N) is 1. The summed E-state index contributed by atoms with van der Waals surface area (Å²) in [7, 11) is -0.562. The molecule has 3 nitrogen and oxygen atoms in total. The van der Waals surface area contributed by atoms with E-state index >= 15 is 0 Å². The van der Waals surface area contributed by atoms with Gasteiger partial charge in [-0.3, -0.25) is 4.21 Å². The minimum absolute atomic E-state index is 0.538. The second kappa shape index (κ2) is 6.11. The number of rotatable bonds is 4. The van der Waals surface area contributed by atoms with Crippen molar-refractivity contribution in [2.45, 2.75) is 31.7 Å². The molecule has 0 saturated carbocycles. The molecule has 74 valence electrons. The fourth-order valence-electron chi connectivity index (χ4n) is 1.47. The van der Waals surface area contributed by atoms with Gasteiger partial charge in [0.25, 0.3) is 0 Å². The van der Waals surface area contributed by atoms with Crippen LogP contribution < -0.4 is 5.32 Å². The molecule has 0 aromatic carbocycles. The number of hydrogen-bond acceptors (Lipinski definition) is 3. The number of hydrogen-bond donors (Lipinski definition) is 1. The Balaban J connectivity index is 2.03. The van der Waals surface area contributed by atoms with Gasteiger partial charge in [0, 0.05) is 34.8 Å². The zero-order valence-electron chi connectivity index (χ0n) is 7.79. The zero-order valence-corrected chi connectivity index (χ0v) is 8.61. The van der Waals surface area contributed by atoms with Crippen LogP contribution in [-0.4, -0.2) is 28.3 Å². The van der Waals surface area contributed by atoms with E-state index in [1.54, 1.807) is 0 Å². The normalized spacial score (nSPS) is 28.2. The van der Waals surface area contributed by atoms with Crippen LogP contribution in [0.25, 0.3) is 0 Å². The summed E-state index contributed by atoms with van der Waals surface area (Å²) in [5.41, 5.74) is 0. The highest BCUT2D eigenvalue weighted by atomic mass is 32.2. The van der Waals surface area contributed by atoms with E-state index in [1.165, 1.54) is 0 Å². The minimum Gasteiger partial charge on any atom is -0.314 e. The molecule has 1 rings (SSSR count). The SMILES string of the molecule is N#CCCCNC1CCS(=O)CC1. The molecule has 1 heterocycles. The van der Waals surface area contributed by atoms with Crippen LogP contribution in [0.5, 0.6) is 0 Å². The van der Waals surface area contributed by atoms with Crippen molar-refractivity contribution >= 4 is 10.8 Å². The van der Waals surface area contributed by atoms with Crippen LogP contribution >= 0.6 is 0 Å². The maximum atomic E-state index is 11.0. The number of nitriles is 1. The van der Waals surface area contributed by atoms with Crippen LogP contribution in [0.15, 0.2) is 0 Å². The Morgan fingerprint density at radius 1 is 1.46 bits per heavy atom. The second-order valence-electron chi connectivity index (χ2n) is 3.34. The molecule has 13 heavy (non-hydrogen) atoms. The Morgan fingerprint density at radius 3 is 2.77 bits per heavy atom. The molecule has 4 heteroatoms. The van der Waals surface area contributed by atoms with Crippen molar-refractivity contribution in [3.05, 3.63) is 0 Å². The van der Waals surface area contributed by atoms with Gasteiger partial charge in [0.1, 0.15) is 0 Å². The van der Waals surface area contributed by atoms with Crippen LogP contribution in [0.2, 0.25) is 0 Å². The van der Waals surface area contributed by atoms with Gasteiger partial charge in [-0.25, -0.2) is 0 Å². The molecular formula is C9H16N2OS. The van der Waals surface area contributed by atoms with Crippen molar-refractivity contribution in [3.8, 4) is 6.07 Å². The molecule has 0 bridgehead atoms. The van der Waals surface area contributed by atoms with Crippen LogP contribution in [-0.2, 0) is 10.8 Å². The molecule has 0 aromatic rings. The third-order valence-electron chi connectivity index (χ3n) is 2.29. The minimum atomic E-state index is -0.562. The van der Waals surface area contributed by atoms with E-state index in [4.69, 9.17) is 5.26 Å². The highest BCUT2D eigenvalue weighted by Gasteiger charge is 2.16. The Morgan fingerprint density at radius 2 is 2.15 bits per heavy atom. The van der Waals surface area contributed by atoms with Crippen molar-refractivity contribution in [3.63, 3.8) is 0 Å². The van der Waals surface area contributed by atoms with Gasteiger partial charge >= 0.3 is 0 Å². The average molecular weight is 200 g/mol. The molecule has 0 aromatic heterocycles. The summed E-state index contributed by atoms with van der Waals surface area (Å²) in [6.07, 6.45) is 3.61. The van der Waals surface area contributed by atoms with E-state index in [-0.39, 0.29) is 0 Å². The first-order valence-electron chi connectivity index (χ1n) is 4.78. The number of nitrogens with one attached hydrogen (secondary N) is 1. The third-order valence-corrected chi connectivity index (χ3v) is 3.67. The van der Waals surface area contributed by atoms with Gasteiger partial charge in [-0.15, -0.1) is 0 Å². The summed E-state index contributed by atoms with van der Waals surface area (Å²) in [4.78, 5) is 0. The first kappa shape index (κ1) is 10.7. The fourth-order valence-corrected chi connectivity index (χ4v) is 2.77. The lowest BCUT2D eigenvalue weighted by Crippen LogP contribution is -2.36. The fraction of sp³-hybridized carbons (Fsp3) is 0.889. The van der Waals surface area contributed by atoms with Crippen molar-refractivity contribution < 1.29 is 4.21 Å². The van der Waals surface area contributed by atoms with E-state index in [0.29, 0.717) is 12.5 Å². The number of unbranched alkanes of at least 4 members (excludes halogenated alkanes) is 1. The quantitative estimate of drug-likeness (QED) is 0.683. The molecule has 1 aliphatic rings. The van der Waals surface area contributed by atoms with Gasteiger partial charge in [-0.1, -0.05) is 0 Å². The molecule has 0 unspecified atom stereocenters. The second-order valence-corrected chi connectivity index (χ2v) is 5.03. The topological polar surface area (TPSA) is 52.9 Å². The first-order valence-corrected chi connectivity index (χ1v) is 6.27. The molecule has 0 spiro atoms. The Labute approximate surface area is 82.0 Å². The molecule has 0 amide bonds. The van der Waals surface area contributed by atoms with E-state index in [2.05, 4.69) is 11.4 Å². The van der Waals surface area contributed by atoms with Gasteiger partial charge in [0.05, 0.1) is 6.07 Å². The summed E-state index contributed by atoms with van der Waals surface area (Å²) >= 11 is 0. The van der Waals surface area contributed by atoms with Gasteiger partial charge in [-0.2, -0.15) is 5.26 Å². The molecule has 0 radical (unpaired) electrons. The van der Waals surface area contributed by atoms with E-state index in [9.17, 15) is 4.21 Å². The lowest BCUT2D eigenvalue weighted by atomic mass is 10.1. The molecule has 1 fully saturated rings. The van der Waals surface area contributed by atoms with Crippen molar-refractivity contribution in [1.29, 1.82) is 5.26 Å².